The lowest BCUT2D eigenvalue weighted by Gasteiger charge is -2.33. The molecule has 0 spiro atoms. The maximum Gasteiger partial charge on any atom is 0.272 e. The molecule has 1 aliphatic carbocycles. The molecule has 2 N–H and O–H groups in total. The van der Waals surface area contributed by atoms with E-state index in [1.807, 2.05) is 11.9 Å². The van der Waals surface area contributed by atoms with Gasteiger partial charge in [-0.2, -0.15) is 0 Å². The average Bonchev–Trinajstić information content (AvgIpc) is 2.38. The fourth-order valence-corrected chi connectivity index (χ4v) is 2.54. The van der Waals surface area contributed by atoms with E-state index in [2.05, 4.69) is 11.9 Å². The van der Waals surface area contributed by atoms with Crippen molar-refractivity contribution in [2.24, 2.45) is 5.92 Å². The maximum atomic E-state index is 12.3. The Hall–Kier alpha value is -1.58. The lowest BCUT2D eigenvalue weighted by Crippen LogP contribution is -2.39. The highest BCUT2D eigenvalue weighted by Gasteiger charge is 2.25. The zero-order valence-corrected chi connectivity index (χ0v) is 11.1. The fraction of sp³-hybridized carbons (Fsp3) is 0.571. The molecule has 1 amide bonds. The summed E-state index contributed by atoms with van der Waals surface area (Å²) in [7, 11) is 1.87. The van der Waals surface area contributed by atoms with Crippen LogP contribution in [0.5, 0.6) is 0 Å². The van der Waals surface area contributed by atoms with Crippen molar-refractivity contribution in [1.82, 2.24) is 9.88 Å². The Balaban J connectivity index is 2.04. The smallest absolute Gasteiger partial charge is 0.272 e. The van der Waals surface area contributed by atoms with Gasteiger partial charge in [-0.1, -0.05) is 6.92 Å². The number of aromatic nitrogens is 1. The van der Waals surface area contributed by atoms with Crippen LogP contribution in [0.3, 0.4) is 0 Å². The molecule has 0 radical (unpaired) electrons. The van der Waals surface area contributed by atoms with E-state index in [9.17, 15) is 4.79 Å². The van der Waals surface area contributed by atoms with E-state index in [1.54, 1.807) is 18.3 Å². The summed E-state index contributed by atoms with van der Waals surface area (Å²) in [6.07, 6.45) is 6.16. The van der Waals surface area contributed by atoms with E-state index >= 15 is 0 Å². The topological polar surface area (TPSA) is 59.2 Å². The summed E-state index contributed by atoms with van der Waals surface area (Å²) < 4.78 is 0. The number of anilines is 1. The molecule has 1 aliphatic rings. The molecule has 0 saturated heterocycles. The monoisotopic (exact) mass is 247 g/mol. The molecular weight excluding hydrogens is 226 g/mol. The maximum absolute atomic E-state index is 12.3. The van der Waals surface area contributed by atoms with E-state index in [1.165, 1.54) is 12.8 Å². The molecule has 4 nitrogen and oxygen atoms in total. The summed E-state index contributed by atoms with van der Waals surface area (Å²) in [5.74, 6) is 0.761. The van der Waals surface area contributed by atoms with E-state index in [-0.39, 0.29) is 5.91 Å². The molecule has 0 aliphatic heterocycles. The zero-order chi connectivity index (χ0) is 13.1. The number of nitrogens with two attached hydrogens (primary N) is 1. The predicted octanol–water partition coefficient (Wildman–Crippen LogP) is 2.31. The Labute approximate surface area is 108 Å². The van der Waals surface area contributed by atoms with Crippen molar-refractivity contribution >= 4 is 11.6 Å². The third-order valence-electron chi connectivity index (χ3n) is 3.86. The molecule has 1 saturated carbocycles. The van der Waals surface area contributed by atoms with Crippen molar-refractivity contribution < 1.29 is 4.79 Å². The molecule has 0 unspecified atom stereocenters. The van der Waals surface area contributed by atoms with E-state index in [0.717, 1.165) is 18.8 Å². The van der Waals surface area contributed by atoms with Crippen LogP contribution in [0.1, 0.15) is 43.1 Å². The van der Waals surface area contributed by atoms with Gasteiger partial charge in [-0.25, -0.2) is 0 Å². The number of hydrogen-bond acceptors (Lipinski definition) is 3. The number of carbonyl (C=O) groups excluding carboxylic acids is 1. The van der Waals surface area contributed by atoms with Crippen LogP contribution < -0.4 is 5.73 Å². The minimum absolute atomic E-state index is 0.0261. The van der Waals surface area contributed by atoms with Gasteiger partial charge in [0.1, 0.15) is 5.69 Å². The third kappa shape index (κ3) is 2.81. The van der Waals surface area contributed by atoms with Gasteiger partial charge in [-0.05, 0) is 43.7 Å². The van der Waals surface area contributed by atoms with Gasteiger partial charge in [-0.3, -0.25) is 9.78 Å². The molecule has 2 rings (SSSR count). The van der Waals surface area contributed by atoms with Gasteiger partial charge in [0.2, 0.25) is 0 Å². The second kappa shape index (κ2) is 5.38. The Morgan fingerprint density at radius 2 is 2.06 bits per heavy atom. The van der Waals surface area contributed by atoms with Crippen LogP contribution >= 0.6 is 0 Å². The second-order valence-electron chi connectivity index (χ2n) is 5.30. The van der Waals surface area contributed by atoms with Crippen LogP contribution in [0.15, 0.2) is 18.3 Å². The number of carbonyl (C=O) groups is 1. The molecule has 1 aromatic rings. The summed E-state index contributed by atoms with van der Waals surface area (Å²) in [5, 5.41) is 0. The van der Waals surface area contributed by atoms with Crippen molar-refractivity contribution in [2.75, 3.05) is 12.8 Å². The number of rotatable bonds is 2. The van der Waals surface area contributed by atoms with Crippen molar-refractivity contribution in [3.63, 3.8) is 0 Å². The number of pyridine rings is 1. The van der Waals surface area contributed by atoms with Crippen LogP contribution in [0.2, 0.25) is 0 Å². The van der Waals surface area contributed by atoms with Gasteiger partial charge in [0.15, 0.2) is 0 Å². The molecule has 0 bridgehead atoms. The predicted molar refractivity (Wildman–Crippen MR) is 72.2 cm³/mol. The first-order valence-electron chi connectivity index (χ1n) is 6.56. The van der Waals surface area contributed by atoms with Crippen LogP contribution in [-0.4, -0.2) is 28.9 Å². The summed E-state index contributed by atoms with van der Waals surface area (Å²) in [5.41, 5.74) is 6.71. The lowest BCUT2D eigenvalue weighted by atomic mass is 9.86. The Kier molecular flexibility index (Phi) is 3.84. The molecule has 18 heavy (non-hydrogen) atoms. The Bertz CT molecular complexity index is 425. The molecular formula is C14H21N3O. The van der Waals surface area contributed by atoms with Crippen LogP contribution in [0.25, 0.3) is 0 Å². The molecule has 1 heterocycles. The highest BCUT2D eigenvalue weighted by atomic mass is 16.2. The molecule has 0 aromatic carbocycles. The number of hydrogen-bond donors (Lipinski definition) is 1. The molecule has 0 atom stereocenters. The first-order valence-corrected chi connectivity index (χ1v) is 6.56. The Morgan fingerprint density at radius 1 is 1.39 bits per heavy atom. The second-order valence-corrected chi connectivity index (χ2v) is 5.30. The SMILES string of the molecule is CC1CCC(N(C)C(=O)c2cc(N)ccn2)CC1. The van der Waals surface area contributed by atoms with E-state index < -0.39 is 0 Å². The zero-order valence-electron chi connectivity index (χ0n) is 11.1. The minimum Gasteiger partial charge on any atom is -0.399 e. The molecule has 1 fully saturated rings. The summed E-state index contributed by atoms with van der Waals surface area (Å²) in [4.78, 5) is 18.2. The van der Waals surface area contributed by atoms with Gasteiger partial charge in [-0.15, -0.1) is 0 Å². The highest BCUT2D eigenvalue weighted by Crippen LogP contribution is 2.27. The fourth-order valence-electron chi connectivity index (χ4n) is 2.54. The lowest BCUT2D eigenvalue weighted by molar-refractivity contribution is 0.0673. The standard InChI is InChI=1S/C14H21N3O/c1-10-3-5-12(6-4-10)17(2)14(18)13-9-11(15)7-8-16-13/h7-10,12H,3-6H2,1-2H3,(H2,15,16). The third-order valence-corrected chi connectivity index (χ3v) is 3.86. The van der Waals surface area contributed by atoms with Gasteiger partial charge in [0, 0.05) is 25.0 Å². The summed E-state index contributed by atoms with van der Waals surface area (Å²) in [6, 6.07) is 3.68. The Morgan fingerprint density at radius 3 is 2.67 bits per heavy atom. The normalized spacial score (nSPS) is 23.7. The van der Waals surface area contributed by atoms with Crippen LogP contribution in [0, 0.1) is 5.92 Å². The van der Waals surface area contributed by atoms with Crippen molar-refractivity contribution in [3.05, 3.63) is 24.0 Å². The van der Waals surface area contributed by atoms with Gasteiger partial charge >= 0.3 is 0 Å². The quantitative estimate of drug-likeness (QED) is 0.872. The first kappa shape index (κ1) is 12.9. The summed E-state index contributed by atoms with van der Waals surface area (Å²) in [6.45, 7) is 2.28. The summed E-state index contributed by atoms with van der Waals surface area (Å²) >= 11 is 0. The van der Waals surface area contributed by atoms with Crippen LogP contribution in [0.4, 0.5) is 5.69 Å². The van der Waals surface area contributed by atoms with Gasteiger partial charge in [0.05, 0.1) is 0 Å². The van der Waals surface area contributed by atoms with Crippen molar-refractivity contribution in [3.8, 4) is 0 Å². The van der Waals surface area contributed by atoms with E-state index in [4.69, 9.17) is 5.73 Å². The molecule has 4 heteroatoms. The number of amides is 1. The first-order chi connectivity index (χ1) is 8.58. The molecule has 1 aromatic heterocycles. The average molecular weight is 247 g/mol. The number of nitrogen functional groups attached to an aromatic ring is 1. The van der Waals surface area contributed by atoms with Gasteiger partial charge < -0.3 is 10.6 Å². The minimum atomic E-state index is -0.0261. The molecule has 98 valence electrons. The highest BCUT2D eigenvalue weighted by molar-refractivity contribution is 5.93. The van der Waals surface area contributed by atoms with E-state index in [0.29, 0.717) is 17.4 Å². The number of nitrogens with zero attached hydrogens (tertiary/aromatic N) is 2. The van der Waals surface area contributed by atoms with Gasteiger partial charge in [0.25, 0.3) is 5.91 Å². The largest absolute Gasteiger partial charge is 0.399 e. The van der Waals surface area contributed by atoms with Crippen molar-refractivity contribution in [1.29, 1.82) is 0 Å². The van der Waals surface area contributed by atoms with Crippen molar-refractivity contribution in [2.45, 2.75) is 38.6 Å². The van der Waals surface area contributed by atoms with Crippen LogP contribution in [-0.2, 0) is 0 Å².